The average molecular weight is 505 g/mol. The normalized spacial score (nSPS) is 20.8. The number of anilines is 1. The lowest BCUT2D eigenvalue weighted by molar-refractivity contribution is -0.130. The van der Waals surface area contributed by atoms with Crippen molar-refractivity contribution in [2.24, 2.45) is 0 Å². The van der Waals surface area contributed by atoms with Gasteiger partial charge in [0.2, 0.25) is 6.79 Å². The zero-order valence-electron chi connectivity index (χ0n) is 17.4. The van der Waals surface area contributed by atoms with Crippen LogP contribution in [0.2, 0.25) is 0 Å². The van der Waals surface area contributed by atoms with Gasteiger partial charge in [0.25, 0.3) is 17.7 Å². The molecule has 0 aromatic heterocycles. The van der Waals surface area contributed by atoms with Crippen LogP contribution in [0.15, 0.2) is 65.1 Å². The van der Waals surface area contributed by atoms with Crippen LogP contribution in [0.25, 0.3) is 0 Å². The van der Waals surface area contributed by atoms with Crippen LogP contribution in [0.5, 0.6) is 11.5 Å². The monoisotopic (exact) mass is 504 g/mol. The summed E-state index contributed by atoms with van der Waals surface area (Å²) in [5, 5.41) is 0. The van der Waals surface area contributed by atoms with Crippen LogP contribution in [0.3, 0.4) is 0 Å². The number of hydrogen-bond acceptors (Lipinski definition) is 5. The maximum absolute atomic E-state index is 13.5. The lowest BCUT2D eigenvalue weighted by atomic mass is 9.86. The topological polar surface area (TPSA) is 76.2 Å². The van der Waals surface area contributed by atoms with Crippen LogP contribution in [0, 0.1) is 6.92 Å². The van der Waals surface area contributed by atoms with Crippen LogP contribution in [0.4, 0.5) is 5.69 Å². The van der Waals surface area contributed by atoms with Crippen molar-refractivity contribution >= 4 is 39.3 Å². The molecule has 0 saturated carbocycles. The molecule has 0 spiro atoms. The molecular weight excluding hydrogens is 488 g/mol. The molecule has 0 bridgehead atoms. The zero-order valence-corrected chi connectivity index (χ0v) is 19.0. The van der Waals surface area contributed by atoms with Crippen LogP contribution in [0.1, 0.15) is 37.9 Å². The van der Waals surface area contributed by atoms with E-state index in [2.05, 4.69) is 15.9 Å². The van der Waals surface area contributed by atoms with E-state index < -0.39 is 23.9 Å². The first-order chi connectivity index (χ1) is 16.0. The van der Waals surface area contributed by atoms with Crippen molar-refractivity contribution in [1.29, 1.82) is 0 Å². The molecule has 3 aromatic carbocycles. The van der Waals surface area contributed by atoms with Gasteiger partial charge in [-0.25, -0.2) is 0 Å². The Kier molecular flexibility index (Phi) is 4.35. The molecule has 0 unspecified atom stereocenters. The van der Waals surface area contributed by atoms with E-state index in [0.29, 0.717) is 32.8 Å². The average Bonchev–Trinajstić information content (AvgIpc) is 3.36. The molecule has 2 atom stereocenters. The molecular formula is C25H17BrN2O5. The highest BCUT2D eigenvalue weighted by Crippen LogP contribution is 2.49. The van der Waals surface area contributed by atoms with Crippen molar-refractivity contribution in [3.05, 3.63) is 87.4 Å². The van der Waals surface area contributed by atoms with Gasteiger partial charge in [-0.05, 0) is 48.9 Å². The minimum atomic E-state index is -0.977. The number of fused-ring (bicyclic) bond motifs is 2. The molecule has 3 aliphatic rings. The van der Waals surface area contributed by atoms with Gasteiger partial charge in [0, 0.05) is 10.2 Å². The Bertz CT molecular complexity index is 1320. The predicted molar refractivity (Wildman–Crippen MR) is 122 cm³/mol. The van der Waals surface area contributed by atoms with Crippen LogP contribution >= 0.6 is 15.9 Å². The number of benzene rings is 3. The number of ether oxygens (including phenoxy) is 2. The lowest BCUT2D eigenvalue weighted by Gasteiger charge is -2.50. The van der Waals surface area contributed by atoms with E-state index in [1.54, 1.807) is 41.3 Å². The number of aryl methyl sites for hydroxylation is 1. The summed E-state index contributed by atoms with van der Waals surface area (Å²) in [4.78, 5) is 42.6. The SMILES string of the molecule is Cc1ccc(N2C(=O)[C@@H](N3C(=O)c4ccccc4C3=O)[C@@H]2c2cc3c(cc2Br)OCO3)cc1. The third-order valence-electron chi connectivity index (χ3n) is 6.29. The summed E-state index contributed by atoms with van der Waals surface area (Å²) in [5.41, 5.74) is 3.10. The molecule has 8 heteroatoms. The molecule has 3 aromatic rings. The van der Waals surface area contributed by atoms with Gasteiger partial charge in [0.1, 0.15) is 6.04 Å². The van der Waals surface area contributed by atoms with Gasteiger partial charge in [-0.15, -0.1) is 0 Å². The van der Waals surface area contributed by atoms with Gasteiger partial charge >= 0.3 is 0 Å². The van der Waals surface area contributed by atoms with Crippen molar-refractivity contribution < 1.29 is 23.9 Å². The maximum Gasteiger partial charge on any atom is 0.262 e. The summed E-state index contributed by atoms with van der Waals surface area (Å²) in [5.74, 6) is -0.0883. The van der Waals surface area contributed by atoms with Crippen molar-refractivity contribution in [1.82, 2.24) is 4.90 Å². The van der Waals surface area contributed by atoms with Gasteiger partial charge in [0.15, 0.2) is 11.5 Å². The molecule has 3 aliphatic heterocycles. The van der Waals surface area contributed by atoms with Crippen molar-refractivity contribution in [3.8, 4) is 11.5 Å². The van der Waals surface area contributed by atoms with E-state index in [9.17, 15) is 14.4 Å². The van der Waals surface area contributed by atoms with Gasteiger partial charge in [0.05, 0.1) is 17.2 Å². The first-order valence-corrected chi connectivity index (χ1v) is 11.2. The number of β-lactam (4-membered cyclic amide) rings is 1. The Morgan fingerprint density at radius 2 is 1.42 bits per heavy atom. The highest BCUT2D eigenvalue weighted by Gasteiger charge is 2.57. The van der Waals surface area contributed by atoms with Gasteiger partial charge in [-0.2, -0.15) is 0 Å². The number of halogens is 1. The fourth-order valence-electron chi connectivity index (χ4n) is 4.65. The number of hydrogen-bond donors (Lipinski definition) is 0. The summed E-state index contributed by atoms with van der Waals surface area (Å²) in [6, 6.07) is 16.2. The molecule has 164 valence electrons. The fourth-order valence-corrected chi connectivity index (χ4v) is 5.20. The van der Waals surface area contributed by atoms with E-state index in [-0.39, 0.29) is 12.7 Å². The van der Waals surface area contributed by atoms with Gasteiger partial charge in [-0.3, -0.25) is 19.3 Å². The number of imide groups is 1. The molecule has 7 nitrogen and oxygen atoms in total. The maximum atomic E-state index is 13.5. The number of rotatable bonds is 3. The lowest BCUT2D eigenvalue weighted by Crippen LogP contribution is -2.67. The largest absolute Gasteiger partial charge is 0.454 e. The standard InChI is InChI=1S/C25H17BrN2O5/c1-13-6-8-14(9-7-13)27-21(17-10-19-20(11-18(17)26)33-12-32-19)22(25(27)31)28-23(29)15-4-2-3-5-16(15)24(28)30/h2-11,21-22H,12H2,1H3/t21-,22-/m0/s1. The Balaban J connectivity index is 1.48. The zero-order chi connectivity index (χ0) is 22.9. The minimum absolute atomic E-state index is 0.109. The van der Waals surface area contributed by atoms with Crippen molar-refractivity contribution in [2.45, 2.75) is 19.0 Å². The van der Waals surface area contributed by atoms with E-state index >= 15 is 0 Å². The van der Waals surface area contributed by atoms with Crippen molar-refractivity contribution in [3.63, 3.8) is 0 Å². The summed E-state index contributed by atoms with van der Waals surface area (Å²) in [6.07, 6.45) is 0. The summed E-state index contributed by atoms with van der Waals surface area (Å²) in [6.45, 7) is 2.08. The number of carbonyl (C=O) groups excluding carboxylic acids is 3. The molecule has 6 rings (SSSR count). The van der Waals surface area contributed by atoms with E-state index in [0.717, 1.165) is 16.0 Å². The number of nitrogens with zero attached hydrogens (tertiary/aromatic N) is 2. The smallest absolute Gasteiger partial charge is 0.262 e. The summed E-state index contributed by atoms with van der Waals surface area (Å²) < 4.78 is 11.7. The molecule has 0 aliphatic carbocycles. The first kappa shape index (κ1) is 20.0. The van der Waals surface area contributed by atoms with Crippen LogP contribution in [-0.4, -0.2) is 35.5 Å². The third-order valence-corrected chi connectivity index (χ3v) is 6.98. The molecule has 3 heterocycles. The molecule has 33 heavy (non-hydrogen) atoms. The third kappa shape index (κ3) is 2.83. The Morgan fingerprint density at radius 1 is 0.818 bits per heavy atom. The molecule has 3 amide bonds. The van der Waals surface area contributed by atoms with Crippen LogP contribution in [-0.2, 0) is 4.79 Å². The Hall–Kier alpha value is -3.65. The predicted octanol–water partition coefficient (Wildman–Crippen LogP) is 4.24. The quantitative estimate of drug-likeness (QED) is 0.393. The highest BCUT2D eigenvalue weighted by molar-refractivity contribution is 9.10. The second-order valence-corrected chi connectivity index (χ2v) is 9.04. The fraction of sp³-hybridized carbons (Fsp3) is 0.160. The first-order valence-electron chi connectivity index (χ1n) is 10.4. The Morgan fingerprint density at radius 3 is 2.06 bits per heavy atom. The van der Waals surface area contributed by atoms with Crippen molar-refractivity contribution in [2.75, 3.05) is 11.7 Å². The molecule has 0 radical (unpaired) electrons. The van der Waals surface area contributed by atoms with Crippen LogP contribution < -0.4 is 14.4 Å². The second-order valence-electron chi connectivity index (χ2n) is 8.19. The summed E-state index contributed by atoms with van der Waals surface area (Å²) >= 11 is 3.59. The second kappa shape index (κ2) is 7.18. The number of carbonyl (C=O) groups is 3. The highest BCUT2D eigenvalue weighted by atomic mass is 79.9. The van der Waals surface area contributed by atoms with E-state index in [4.69, 9.17) is 9.47 Å². The van der Waals surface area contributed by atoms with Gasteiger partial charge in [-0.1, -0.05) is 45.8 Å². The summed E-state index contributed by atoms with van der Waals surface area (Å²) in [7, 11) is 0. The molecule has 0 N–H and O–H groups in total. The van der Waals surface area contributed by atoms with Gasteiger partial charge < -0.3 is 14.4 Å². The molecule has 1 saturated heterocycles. The minimum Gasteiger partial charge on any atom is -0.454 e. The van der Waals surface area contributed by atoms with E-state index in [1.165, 1.54) is 0 Å². The van der Waals surface area contributed by atoms with E-state index in [1.807, 2.05) is 31.2 Å². The number of amides is 3. The molecule has 1 fully saturated rings. The Labute approximate surface area is 197 Å².